The zero-order valence-electron chi connectivity index (χ0n) is 11.8. The molecule has 0 unspecified atom stereocenters. The van der Waals surface area contributed by atoms with Gasteiger partial charge in [-0.2, -0.15) is 0 Å². The molecule has 2 heteroatoms. The zero-order chi connectivity index (χ0) is 14.9. The van der Waals surface area contributed by atoms with Crippen LogP contribution in [-0.2, 0) is 0 Å². The van der Waals surface area contributed by atoms with Crippen LogP contribution in [0.3, 0.4) is 0 Å². The average molecular weight is 305 g/mol. The lowest BCUT2D eigenvalue weighted by Crippen LogP contribution is -1.75. The molecule has 1 heterocycles. The number of hydrogen-bond acceptors (Lipinski definition) is 1. The van der Waals surface area contributed by atoms with Gasteiger partial charge in [-0.1, -0.05) is 60.1 Å². The summed E-state index contributed by atoms with van der Waals surface area (Å²) in [5.74, 6) is 0.797. The molecule has 4 aromatic rings. The Balaban J connectivity index is 1.84. The molecule has 0 saturated heterocycles. The molecular formula is C20H13ClO. The summed E-state index contributed by atoms with van der Waals surface area (Å²) < 4.78 is 5.94. The van der Waals surface area contributed by atoms with Crippen LogP contribution in [-0.4, -0.2) is 0 Å². The summed E-state index contributed by atoms with van der Waals surface area (Å²) in [6.45, 7) is 0. The molecule has 0 fully saturated rings. The molecule has 0 aliphatic heterocycles. The highest BCUT2D eigenvalue weighted by Gasteiger charge is 2.10. The average Bonchev–Trinajstić information content (AvgIpc) is 2.99. The lowest BCUT2D eigenvalue weighted by Gasteiger charge is -2.00. The number of fused-ring (bicyclic) bond motifs is 1. The third kappa shape index (κ3) is 2.30. The van der Waals surface area contributed by atoms with E-state index in [2.05, 4.69) is 24.3 Å². The Kier molecular flexibility index (Phi) is 3.21. The van der Waals surface area contributed by atoms with Crippen LogP contribution in [0.2, 0.25) is 5.02 Å². The van der Waals surface area contributed by atoms with Crippen LogP contribution in [0.1, 0.15) is 0 Å². The van der Waals surface area contributed by atoms with Crippen molar-refractivity contribution in [3.63, 3.8) is 0 Å². The molecule has 4 rings (SSSR count). The van der Waals surface area contributed by atoms with Crippen molar-refractivity contribution in [2.24, 2.45) is 0 Å². The van der Waals surface area contributed by atoms with Gasteiger partial charge in [0.15, 0.2) is 0 Å². The van der Waals surface area contributed by atoms with E-state index in [1.165, 1.54) is 11.1 Å². The van der Waals surface area contributed by atoms with Gasteiger partial charge >= 0.3 is 0 Å². The summed E-state index contributed by atoms with van der Waals surface area (Å²) in [4.78, 5) is 0. The fraction of sp³-hybridized carbons (Fsp3) is 0. The Bertz CT molecular complexity index is 938. The maximum Gasteiger partial charge on any atom is 0.136 e. The van der Waals surface area contributed by atoms with Crippen molar-refractivity contribution in [3.8, 4) is 22.5 Å². The first kappa shape index (κ1) is 13.2. The zero-order valence-corrected chi connectivity index (χ0v) is 12.5. The van der Waals surface area contributed by atoms with E-state index in [0.29, 0.717) is 5.02 Å². The molecule has 0 aliphatic carbocycles. The van der Waals surface area contributed by atoms with Gasteiger partial charge in [-0.15, -0.1) is 0 Å². The monoisotopic (exact) mass is 304 g/mol. The molecule has 0 amide bonds. The minimum Gasteiger partial charge on any atom is -0.456 e. The van der Waals surface area contributed by atoms with Gasteiger partial charge in [0.25, 0.3) is 0 Å². The third-order valence-electron chi connectivity index (χ3n) is 3.76. The Labute approximate surface area is 133 Å². The van der Waals surface area contributed by atoms with E-state index in [4.69, 9.17) is 16.0 Å². The van der Waals surface area contributed by atoms with Gasteiger partial charge < -0.3 is 4.42 Å². The van der Waals surface area contributed by atoms with Crippen LogP contribution in [0, 0.1) is 0 Å². The van der Waals surface area contributed by atoms with Gasteiger partial charge in [-0.05, 0) is 41.5 Å². The lowest BCUT2D eigenvalue weighted by atomic mass is 10.0. The van der Waals surface area contributed by atoms with Crippen LogP contribution >= 0.6 is 11.6 Å². The molecule has 0 radical (unpaired) electrons. The predicted octanol–water partition coefficient (Wildman–Crippen LogP) is 6.42. The predicted molar refractivity (Wildman–Crippen MR) is 92.1 cm³/mol. The topological polar surface area (TPSA) is 13.1 Å². The number of halogens is 1. The normalized spacial score (nSPS) is 11.0. The van der Waals surface area contributed by atoms with E-state index in [9.17, 15) is 0 Å². The fourth-order valence-corrected chi connectivity index (χ4v) is 2.88. The molecule has 1 aromatic heterocycles. The SMILES string of the molecule is Clc1ccccc1-c1cc2cc(-c3ccccc3)ccc2o1. The molecule has 0 atom stereocenters. The lowest BCUT2D eigenvalue weighted by molar-refractivity contribution is 0.631. The van der Waals surface area contributed by atoms with Crippen molar-refractivity contribution in [1.29, 1.82) is 0 Å². The molecule has 106 valence electrons. The van der Waals surface area contributed by atoms with Gasteiger partial charge in [-0.3, -0.25) is 0 Å². The molecule has 1 nitrogen and oxygen atoms in total. The molecule has 0 bridgehead atoms. The maximum atomic E-state index is 6.25. The van der Waals surface area contributed by atoms with E-state index in [-0.39, 0.29) is 0 Å². The van der Waals surface area contributed by atoms with Crippen molar-refractivity contribution < 1.29 is 4.42 Å². The van der Waals surface area contributed by atoms with E-state index >= 15 is 0 Å². The van der Waals surface area contributed by atoms with E-state index < -0.39 is 0 Å². The van der Waals surface area contributed by atoms with Crippen LogP contribution in [0.15, 0.2) is 83.3 Å². The summed E-state index contributed by atoms with van der Waals surface area (Å²) in [7, 11) is 0. The molecule has 3 aromatic carbocycles. The Morgan fingerprint density at radius 3 is 2.27 bits per heavy atom. The van der Waals surface area contributed by atoms with Gasteiger partial charge in [0, 0.05) is 10.9 Å². The van der Waals surface area contributed by atoms with Crippen molar-refractivity contribution >= 4 is 22.6 Å². The van der Waals surface area contributed by atoms with Crippen LogP contribution < -0.4 is 0 Å². The highest BCUT2D eigenvalue weighted by molar-refractivity contribution is 6.33. The first-order chi connectivity index (χ1) is 10.8. The Morgan fingerprint density at radius 1 is 0.682 bits per heavy atom. The fourth-order valence-electron chi connectivity index (χ4n) is 2.65. The standard InChI is InChI=1S/C20H13ClO/c21-18-9-5-4-8-17(18)20-13-16-12-15(10-11-19(16)22-20)14-6-2-1-3-7-14/h1-13H. The second-order valence-electron chi connectivity index (χ2n) is 5.21. The minimum atomic E-state index is 0.699. The van der Waals surface area contributed by atoms with E-state index in [0.717, 1.165) is 22.3 Å². The van der Waals surface area contributed by atoms with Crippen LogP contribution in [0.25, 0.3) is 33.4 Å². The van der Waals surface area contributed by atoms with Crippen molar-refractivity contribution in [2.75, 3.05) is 0 Å². The summed E-state index contributed by atoms with van der Waals surface area (Å²) in [6.07, 6.45) is 0. The van der Waals surface area contributed by atoms with Gasteiger partial charge in [-0.25, -0.2) is 0 Å². The second kappa shape index (κ2) is 5.36. The summed E-state index contributed by atoms with van der Waals surface area (Å²) in [5.41, 5.74) is 4.17. The second-order valence-corrected chi connectivity index (χ2v) is 5.62. The highest BCUT2D eigenvalue weighted by Crippen LogP contribution is 2.34. The van der Waals surface area contributed by atoms with E-state index in [1.807, 2.05) is 54.6 Å². The summed E-state index contributed by atoms with van der Waals surface area (Å²) in [6, 6.07) is 26.3. The van der Waals surface area contributed by atoms with Crippen LogP contribution in [0.5, 0.6) is 0 Å². The van der Waals surface area contributed by atoms with E-state index in [1.54, 1.807) is 0 Å². The molecule has 22 heavy (non-hydrogen) atoms. The number of rotatable bonds is 2. The molecular weight excluding hydrogens is 292 g/mol. The first-order valence-corrected chi connectivity index (χ1v) is 7.53. The highest BCUT2D eigenvalue weighted by atomic mass is 35.5. The molecule has 0 spiro atoms. The number of hydrogen-bond donors (Lipinski definition) is 0. The Hall–Kier alpha value is -2.51. The quantitative estimate of drug-likeness (QED) is 0.416. The van der Waals surface area contributed by atoms with Gasteiger partial charge in [0.2, 0.25) is 0 Å². The van der Waals surface area contributed by atoms with Crippen molar-refractivity contribution in [1.82, 2.24) is 0 Å². The van der Waals surface area contributed by atoms with Gasteiger partial charge in [0.1, 0.15) is 11.3 Å². The number of furan rings is 1. The van der Waals surface area contributed by atoms with Gasteiger partial charge in [0.05, 0.1) is 5.02 Å². The Morgan fingerprint density at radius 2 is 1.45 bits per heavy atom. The van der Waals surface area contributed by atoms with Crippen molar-refractivity contribution in [3.05, 3.63) is 83.9 Å². The minimum absolute atomic E-state index is 0.699. The first-order valence-electron chi connectivity index (χ1n) is 7.15. The molecule has 0 saturated carbocycles. The van der Waals surface area contributed by atoms with Crippen LogP contribution in [0.4, 0.5) is 0 Å². The largest absolute Gasteiger partial charge is 0.456 e. The maximum absolute atomic E-state index is 6.25. The third-order valence-corrected chi connectivity index (χ3v) is 4.09. The van der Waals surface area contributed by atoms with Crippen molar-refractivity contribution in [2.45, 2.75) is 0 Å². The summed E-state index contributed by atoms with van der Waals surface area (Å²) >= 11 is 6.25. The molecule has 0 N–H and O–H groups in total. The smallest absolute Gasteiger partial charge is 0.136 e. The molecule has 0 aliphatic rings. The number of benzene rings is 3. The summed E-state index contributed by atoms with van der Waals surface area (Å²) in [5, 5.41) is 1.78.